The summed E-state index contributed by atoms with van der Waals surface area (Å²) in [5.74, 6) is 5.86. The third-order valence-electron chi connectivity index (χ3n) is 16.1. The molecule has 41 nitrogen and oxygen atoms in total. The Balaban J connectivity index is 0.000000147. The van der Waals surface area contributed by atoms with Gasteiger partial charge in [0, 0.05) is 85.2 Å². The minimum atomic E-state index is -3.48. The van der Waals surface area contributed by atoms with Gasteiger partial charge < -0.3 is 60.6 Å². The summed E-state index contributed by atoms with van der Waals surface area (Å²) < 4.78 is 193. The summed E-state index contributed by atoms with van der Waals surface area (Å²) in [4.78, 5) is 54.7. The number of aromatic nitrogens is 13. The van der Waals surface area contributed by atoms with E-state index in [2.05, 4.69) is 88.4 Å². The lowest BCUT2D eigenvalue weighted by molar-refractivity contribution is 0.356. The second-order valence-electron chi connectivity index (χ2n) is 24.6. The average molecular weight is 1780 g/mol. The molecule has 0 aliphatic carbocycles. The smallest absolute Gasteiger partial charge is 0.309 e. The van der Waals surface area contributed by atoms with Gasteiger partial charge in [-0.05, 0) is 36.4 Å². The number of furan rings is 1. The molecule has 0 fully saturated rings. The number of nitrogens with zero attached hydrogens (tertiary/aromatic N) is 13. The molecule has 15 aromatic rings. The lowest BCUT2D eigenvalue weighted by Crippen LogP contribution is -2.09. The quantitative estimate of drug-likeness (QED) is 0.0355. The van der Waals surface area contributed by atoms with Gasteiger partial charge in [0.05, 0.1) is 148 Å². The van der Waals surface area contributed by atoms with E-state index in [9.17, 15) is 42.1 Å². The summed E-state index contributed by atoms with van der Waals surface area (Å²) in [5.41, 5.74) is 8.40. The highest BCUT2D eigenvalue weighted by atomic mass is 32.2. The maximum Gasteiger partial charge on any atom is 0.309 e. The van der Waals surface area contributed by atoms with Crippen molar-refractivity contribution in [2.75, 3.05) is 126 Å². The summed E-state index contributed by atoms with van der Waals surface area (Å²) >= 11 is 2.47. The van der Waals surface area contributed by atoms with Crippen molar-refractivity contribution in [3.8, 4) is 114 Å². The van der Waals surface area contributed by atoms with Crippen molar-refractivity contribution in [3.63, 3.8) is 0 Å². The molecule has 630 valence electrons. The van der Waals surface area contributed by atoms with Crippen LogP contribution in [0.4, 0.5) is 28.0 Å². The van der Waals surface area contributed by atoms with Crippen LogP contribution in [0.15, 0.2) is 147 Å². The molecular weight excluding hydrogens is 1710 g/mol. The maximum atomic E-state index is 11.4. The molecular formula is C72H72N18O23S7. The van der Waals surface area contributed by atoms with Crippen molar-refractivity contribution in [2.24, 2.45) is 0 Å². The van der Waals surface area contributed by atoms with Crippen molar-refractivity contribution in [1.82, 2.24) is 64.8 Å². The first-order valence-electron chi connectivity index (χ1n) is 33.8. The van der Waals surface area contributed by atoms with Crippen LogP contribution in [0, 0.1) is 0 Å². The number of anilines is 5. The normalized spacial score (nSPS) is 11.5. The van der Waals surface area contributed by atoms with Crippen molar-refractivity contribution in [2.45, 2.75) is 0 Å². The Hall–Kier alpha value is -13.4. The number of hydrogen-bond acceptors (Lipinski definition) is 38. The second-order valence-corrected chi connectivity index (χ2v) is 35.1. The number of methoxy groups -OCH3 is 10. The summed E-state index contributed by atoms with van der Waals surface area (Å²) in [6.45, 7) is 0. The van der Waals surface area contributed by atoms with E-state index >= 15 is 0 Å². The Labute approximate surface area is 692 Å². The number of rotatable bonds is 25. The predicted molar refractivity (Wildman–Crippen MR) is 449 cm³/mol. The lowest BCUT2D eigenvalue weighted by atomic mass is 10.1. The van der Waals surface area contributed by atoms with E-state index in [1.807, 2.05) is 11.4 Å². The van der Waals surface area contributed by atoms with Crippen molar-refractivity contribution in [3.05, 3.63) is 134 Å². The average Bonchev–Trinajstić information content (AvgIpc) is 1.77. The molecule has 0 radical (unpaired) electrons. The Morgan fingerprint density at radius 1 is 0.308 bits per heavy atom. The van der Waals surface area contributed by atoms with Gasteiger partial charge >= 0.3 is 12.0 Å². The highest BCUT2D eigenvalue weighted by Crippen LogP contribution is 2.42. The molecule has 48 heteroatoms. The largest absolute Gasteiger partial charge is 0.493 e. The van der Waals surface area contributed by atoms with Crippen LogP contribution in [0.3, 0.4) is 0 Å². The molecule has 10 heterocycles. The van der Waals surface area contributed by atoms with Gasteiger partial charge in [0.25, 0.3) is 0 Å². The number of sulfonamides is 5. The van der Waals surface area contributed by atoms with Gasteiger partial charge in [0.2, 0.25) is 56.0 Å². The summed E-state index contributed by atoms with van der Waals surface area (Å²) in [6, 6.07) is 20.5. The number of oxazole rings is 2. The number of thiazole rings is 1. The Morgan fingerprint density at radius 3 is 1.06 bits per heavy atom. The Morgan fingerprint density at radius 2 is 0.658 bits per heavy atom. The number of hydrogen-bond donors (Lipinski definition) is 5. The fourth-order valence-electron chi connectivity index (χ4n) is 11.1. The molecule has 0 aliphatic heterocycles. The zero-order valence-electron chi connectivity index (χ0n) is 65.8. The first kappa shape index (κ1) is 87.4. The van der Waals surface area contributed by atoms with Crippen LogP contribution in [0.25, 0.3) is 111 Å². The Kier molecular flexibility index (Phi) is 27.0. The molecule has 5 N–H and O–H groups in total. The van der Waals surface area contributed by atoms with Crippen LogP contribution in [-0.2, 0) is 50.1 Å². The van der Waals surface area contributed by atoms with Gasteiger partial charge in [-0.3, -0.25) is 14.2 Å². The molecule has 0 saturated carbocycles. The van der Waals surface area contributed by atoms with Crippen LogP contribution >= 0.6 is 22.7 Å². The van der Waals surface area contributed by atoms with Crippen LogP contribution in [0.2, 0.25) is 0 Å². The molecule has 0 amide bonds. The van der Waals surface area contributed by atoms with E-state index in [0.29, 0.717) is 152 Å². The molecule has 15 rings (SSSR count). The Bertz CT molecular complexity index is 5950. The molecule has 10 aromatic heterocycles. The summed E-state index contributed by atoms with van der Waals surface area (Å²) in [7, 11) is -1.66. The molecule has 0 bridgehead atoms. The monoisotopic (exact) mass is 1780 g/mol. The topological polar surface area (TPSA) is 530 Å². The van der Waals surface area contributed by atoms with E-state index < -0.39 is 50.1 Å². The molecule has 0 spiro atoms. The maximum absolute atomic E-state index is 11.4. The van der Waals surface area contributed by atoms with E-state index in [4.69, 9.17) is 60.6 Å². The van der Waals surface area contributed by atoms with Gasteiger partial charge in [0.1, 0.15) is 77.6 Å². The lowest BCUT2D eigenvalue weighted by Gasteiger charge is -2.10. The van der Waals surface area contributed by atoms with Crippen molar-refractivity contribution in [1.29, 1.82) is 0 Å². The third kappa shape index (κ3) is 21.9. The number of nitrogens with one attached hydrogen (secondary N) is 5. The SMILES string of the molecule is COc1cc2ncnc(-c3cnc(NS(C)(=O)=O)o3)c2cc1OC.COc1cc2ncnc(-c3coc(NS(C)(=O)=O)c3)c2cc1OC.COc1cc2ncnc(-c3coc(NS(C)(=O)=O)n3)c2cc1OC.COc1cc2ncnc(-c3csc(NS(C)(=O)=O)c3)c2cc1OC.COc1cc2ncnc(-c3csc(NS(C)(=O)=O)n3)c2cc1OC. The van der Waals surface area contributed by atoms with Crippen molar-refractivity contribution >= 4 is 155 Å². The second kappa shape index (κ2) is 37.0. The minimum absolute atomic E-state index is 0.111. The van der Waals surface area contributed by atoms with Gasteiger partial charge in [-0.2, -0.15) is 4.98 Å². The third-order valence-corrected chi connectivity index (χ3v) is 20.8. The minimum Gasteiger partial charge on any atom is -0.493 e. The molecule has 0 saturated heterocycles. The molecule has 0 unspecified atom stereocenters. The van der Waals surface area contributed by atoms with Crippen LogP contribution < -0.4 is 71.0 Å². The van der Waals surface area contributed by atoms with Gasteiger partial charge in [-0.15, -0.1) is 22.7 Å². The molecule has 0 atom stereocenters. The number of thiophene rings is 1. The fraction of sp³-hybridized carbons (Fsp3) is 0.208. The summed E-state index contributed by atoms with van der Waals surface area (Å²) in [5, 5.41) is 7.93. The van der Waals surface area contributed by atoms with Crippen LogP contribution in [0.5, 0.6) is 57.5 Å². The standard InChI is InChI=1S/C15H15N3O5S.C15H15N3O4S2.2C14H14N4O5S.C14H14N4O4S2/c2*1-21-12-5-10-11(6-13(12)22-2)16-8-17-15(10)9-4-14(23-7-9)18-24(3,19)20;1-21-11-4-8-9(5-12(11)22-2)15-7-16-13(8)10-6-23-14(17-10)18-24(3,19)20;1-21-10-4-8-9(5-11(10)22-2)16-7-17-13(8)12-6-15-14(23-12)18-24(3,19)20;1-21-11-4-8-9(5-12(11)22-2)15-7-16-13(8)10-6-23-14(17-10)18-24(3,19)20/h2*4-8,18H,1-3H3;4-7H,1-3H3,(H,17,18);4-7H,1-3H3,(H,15,18);4-7H,1-3H3,(H,17,18). The van der Waals surface area contributed by atoms with Crippen molar-refractivity contribution < 1.29 is 103 Å². The predicted octanol–water partition coefficient (Wildman–Crippen LogP) is 10.5. The number of benzene rings is 5. The molecule has 5 aromatic carbocycles. The molecule has 120 heavy (non-hydrogen) atoms. The highest BCUT2D eigenvalue weighted by molar-refractivity contribution is 7.93. The van der Waals surface area contributed by atoms with Crippen LogP contribution in [-0.4, -0.2) is 209 Å². The first-order valence-corrected chi connectivity index (χ1v) is 45.1. The van der Waals surface area contributed by atoms with E-state index in [0.717, 1.165) is 53.0 Å². The number of ether oxygens (including phenoxy) is 10. The number of fused-ring (bicyclic) bond motifs is 5. The van der Waals surface area contributed by atoms with Gasteiger partial charge in [-0.1, -0.05) is 0 Å². The van der Waals surface area contributed by atoms with E-state index in [1.54, 1.807) is 115 Å². The zero-order valence-corrected chi connectivity index (χ0v) is 71.5. The van der Waals surface area contributed by atoms with Crippen LogP contribution in [0.1, 0.15) is 0 Å². The fourth-order valence-corrected chi connectivity index (χ4v) is 15.7. The molecule has 0 aliphatic rings. The van der Waals surface area contributed by atoms with Gasteiger partial charge in [-0.25, -0.2) is 111 Å². The van der Waals surface area contributed by atoms with E-state index in [-0.39, 0.29) is 23.0 Å². The zero-order chi connectivity index (χ0) is 86.6. The van der Waals surface area contributed by atoms with Gasteiger partial charge in [0.15, 0.2) is 68.4 Å². The summed E-state index contributed by atoms with van der Waals surface area (Å²) in [6.07, 6.45) is 16.4. The van der Waals surface area contributed by atoms with E-state index in [1.165, 1.54) is 101 Å². The highest BCUT2D eigenvalue weighted by Gasteiger charge is 2.23. The first-order chi connectivity index (χ1) is 57.0.